The zero-order valence-corrected chi connectivity index (χ0v) is 5.70. The highest BCUT2D eigenvalue weighted by molar-refractivity contribution is 5.80. The molecule has 0 aliphatic carbocycles. The van der Waals surface area contributed by atoms with Crippen molar-refractivity contribution in [3.63, 3.8) is 0 Å². The third-order valence-corrected chi connectivity index (χ3v) is 1.54. The van der Waals surface area contributed by atoms with Crippen LogP contribution in [0.3, 0.4) is 0 Å². The van der Waals surface area contributed by atoms with Crippen LogP contribution in [0.5, 0.6) is 0 Å². The number of carbonyl (C=O) groups is 1. The van der Waals surface area contributed by atoms with Crippen molar-refractivity contribution in [1.82, 2.24) is 0 Å². The lowest BCUT2D eigenvalue weighted by Gasteiger charge is -2.07. The third-order valence-electron chi connectivity index (χ3n) is 1.54. The van der Waals surface area contributed by atoms with Gasteiger partial charge < -0.3 is 14.9 Å². The Bertz CT molecular complexity index is 152. The predicted molar refractivity (Wildman–Crippen MR) is 32.2 cm³/mol. The van der Waals surface area contributed by atoms with Gasteiger partial charge in [-0.1, -0.05) is 0 Å². The molecule has 2 unspecified atom stereocenters. The van der Waals surface area contributed by atoms with Crippen molar-refractivity contribution in [1.29, 1.82) is 0 Å². The molecule has 2 atom stereocenters. The second kappa shape index (κ2) is 2.21. The van der Waals surface area contributed by atoms with Gasteiger partial charge in [-0.2, -0.15) is 0 Å². The van der Waals surface area contributed by atoms with Crippen LogP contribution in [-0.4, -0.2) is 34.5 Å². The maximum atomic E-state index is 10.7. The van der Waals surface area contributed by atoms with Crippen LogP contribution in [0.25, 0.3) is 0 Å². The number of ether oxygens (including phenoxy) is 1. The van der Waals surface area contributed by atoms with Gasteiger partial charge in [-0.05, 0) is 6.92 Å². The number of aliphatic hydroxyl groups is 2. The van der Waals surface area contributed by atoms with Gasteiger partial charge in [0.05, 0.1) is 6.61 Å². The largest absolute Gasteiger partial charge is 0.458 e. The van der Waals surface area contributed by atoms with Crippen LogP contribution in [0.2, 0.25) is 0 Å². The number of hydrogen-bond donors (Lipinski definition) is 2. The van der Waals surface area contributed by atoms with Gasteiger partial charge >= 0.3 is 5.97 Å². The highest BCUT2D eigenvalue weighted by Crippen LogP contribution is 2.24. The Morgan fingerprint density at radius 3 is 2.70 bits per heavy atom. The Labute approximate surface area is 58.4 Å². The van der Waals surface area contributed by atoms with Crippen LogP contribution in [0.4, 0.5) is 0 Å². The van der Waals surface area contributed by atoms with E-state index < -0.39 is 17.7 Å². The summed E-state index contributed by atoms with van der Waals surface area (Å²) in [5.41, 5.74) is -1.40. The average molecular weight is 146 g/mol. The number of rotatable bonds is 1. The lowest BCUT2D eigenvalue weighted by molar-refractivity contribution is -0.154. The first-order chi connectivity index (χ1) is 4.56. The molecule has 2 N–H and O–H groups in total. The molecule has 0 aromatic carbocycles. The minimum atomic E-state index is -1.40. The van der Waals surface area contributed by atoms with E-state index in [1.165, 1.54) is 6.92 Å². The van der Waals surface area contributed by atoms with Crippen LogP contribution in [0.1, 0.15) is 13.3 Å². The summed E-state index contributed by atoms with van der Waals surface area (Å²) in [5.74, 6) is -0.647. The SMILES string of the molecule is CC1(O)CC(CO)OC1=O. The quantitative estimate of drug-likeness (QED) is 0.468. The molecular weight excluding hydrogens is 136 g/mol. The summed E-state index contributed by atoms with van der Waals surface area (Å²) in [6.07, 6.45) is -0.343. The van der Waals surface area contributed by atoms with E-state index in [4.69, 9.17) is 5.11 Å². The Morgan fingerprint density at radius 1 is 1.90 bits per heavy atom. The van der Waals surface area contributed by atoms with Crippen molar-refractivity contribution in [2.45, 2.75) is 25.0 Å². The highest BCUT2D eigenvalue weighted by Gasteiger charge is 2.43. The van der Waals surface area contributed by atoms with Crippen molar-refractivity contribution in [2.75, 3.05) is 6.61 Å². The van der Waals surface area contributed by atoms with Crippen molar-refractivity contribution in [2.24, 2.45) is 0 Å². The molecule has 1 aliphatic heterocycles. The summed E-state index contributed by atoms with van der Waals surface area (Å²) in [7, 11) is 0. The fraction of sp³-hybridized carbons (Fsp3) is 0.833. The van der Waals surface area contributed by atoms with Gasteiger partial charge in [-0.25, -0.2) is 4.79 Å². The monoisotopic (exact) mass is 146 g/mol. The zero-order valence-electron chi connectivity index (χ0n) is 5.70. The van der Waals surface area contributed by atoms with E-state index in [-0.39, 0.29) is 13.0 Å². The Kier molecular flexibility index (Phi) is 1.66. The summed E-state index contributed by atoms with van der Waals surface area (Å²) in [6, 6.07) is 0. The molecule has 0 aromatic rings. The summed E-state index contributed by atoms with van der Waals surface area (Å²) in [4.78, 5) is 10.7. The molecule has 58 valence electrons. The van der Waals surface area contributed by atoms with Gasteiger partial charge in [-0.15, -0.1) is 0 Å². The standard InChI is InChI=1S/C6H10O4/c1-6(9)2-4(3-7)10-5(6)8/h4,7,9H,2-3H2,1H3. The number of hydrogen-bond acceptors (Lipinski definition) is 4. The molecule has 1 saturated heterocycles. The van der Waals surface area contributed by atoms with E-state index in [1.54, 1.807) is 0 Å². The molecule has 1 fully saturated rings. The fourth-order valence-electron chi connectivity index (χ4n) is 0.948. The van der Waals surface area contributed by atoms with E-state index >= 15 is 0 Å². The van der Waals surface area contributed by atoms with Gasteiger partial charge in [0.2, 0.25) is 0 Å². The first-order valence-corrected chi connectivity index (χ1v) is 3.10. The summed E-state index contributed by atoms with van der Waals surface area (Å²) < 4.78 is 4.59. The minimum Gasteiger partial charge on any atom is -0.458 e. The topological polar surface area (TPSA) is 66.8 Å². The molecule has 10 heavy (non-hydrogen) atoms. The van der Waals surface area contributed by atoms with Crippen LogP contribution in [-0.2, 0) is 9.53 Å². The molecule has 0 aromatic heterocycles. The fourth-order valence-corrected chi connectivity index (χ4v) is 0.948. The van der Waals surface area contributed by atoms with Gasteiger partial charge in [0.25, 0.3) is 0 Å². The predicted octanol–water partition coefficient (Wildman–Crippen LogP) is -0.955. The second-order valence-electron chi connectivity index (χ2n) is 2.69. The molecule has 0 spiro atoms. The number of cyclic esters (lactones) is 1. The number of aliphatic hydroxyl groups excluding tert-OH is 1. The molecule has 0 bridgehead atoms. The Hall–Kier alpha value is -0.610. The van der Waals surface area contributed by atoms with Gasteiger partial charge in [-0.3, -0.25) is 0 Å². The van der Waals surface area contributed by atoms with E-state index in [0.717, 1.165) is 0 Å². The van der Waals surface area contributed by atoms with Crippen molar-refractivity contribution in [3.05, 3.63) is 0 Å². The molecule has 4 nitrogen and oxygen atoms in total. The Balaban J connectivity index is 2.62. The first kappa shape index (κ1) is 7.50. The lowest BCUT2D eigenvalue weighted by Crippen LogP contribution is -2.29. The van der Waals surface area contributed by atoms with Crippen LogP contribution >= 0.6 is 0 Å². The molecular formula is C6H10O4. The van der Waals surface area contributed by atoms with Crippen LogP contribution in [0, 0.1) is 0 Å². The van der Waals surface area contributed by atoms with Crippen molar-refractivity contribution < 1.29 is 19.7 Å². The van der Waals surface area contributed by atoms with Crippen LogP contribution < -0.4 is 0 Å². The van der Waals surface area contributed by atoms with Gasteiger partial charge in [0.15, 0.2) is 5.60 Å². The molecule has 0 radical (unpaired) electrons. The molecule has 4 heteroatoms. The maximum Gasteiger partial charge on any atom is 0.338 e. The molecule has 1 aliphatic rings. The van der Waals surface area contributed by atoms with Gasteiger partial charge in [0, 0.05) is 6.42 Å². The summed E-state index contributed by atoms with van der Waals surface area (Å²) >= 11 is 0. The number of carbonyl (C=O) groups excluding carboxylic acids is 1. The van der Waals surface area contributed by atoms with E-state index in [2.05, 4.69) is 4.74 Å². The zero-order chi connectivity index (χ0) is 7.78. The first-order valence-electron chi connectivity index (χ1n) is 3.10. The van der Waals surface area contributed by atoms with Crippen molar-refractivity contribution >= 4 is 5.97 Å². The second-order valence-corrected chi connectivity index (χ2v) is 2.69. The molecule has 1 rings (SSSR count). The molecule has 0 saturated carbocycles. The average Bonchev–Trinajstić information content (AvgIpc) is 2.08. The third kappa shape index (κ3) is 1.12. The van der Waals surface area contributed by atoms with Crippen molar-refractivity contribution in [3.8, 4) is 0 Å². The summed E-state index contributed by atoms with van der Waals surface area (Å²) in [5, 5.41) is 17.7. The maximum absolute atomic E-state index is 10.7. The van der Waals surface area contributed by atoms with E-state index in [9.17, 15) is 9.90 Å². The molecule has 1 heterocycles. The highest BCUT2D eigenvalue weighted by atomic mass is 16.6. The summed E-state index contributed by atoms with van der Waals surface area (Å²) in [6.45, 7) is 1.16. The minimum absolute atomic E-state index is 0.183. The lowest BCUT2D eigenvalue weighted by atomic mass is 10.0. The smallest absolute Gasteiger partial charge is 0.338 e. The van der Waals surface area contributed by atoms with E-state index in [1.807, 2.05) is 0 Å². The number of esters is 1. The van der Waals surface area contributed by atoms with Gasteiger partial charge in [0.1, 0.15) is 6.10 Å². The molecule has 0 amide bonds. The van der Waals surface area contributed by atoms with E-state index in [0.29, 0.717) is 0 Å². The Morgan fingerprint density at radius 2 is 2.50 bits per heavy atom. The van der Waals surface area contributed by atoms with Crippen LogP contribution in [0.15, 0.2) is 0 Å². The normalized spacial score (nSPS) is 39.9.